The highest BCUT2D eigenvalue weighted by Gasteiger charge is 2.46. The molecule has 0 bridgehead atoms. The fourth-order valence-corrected chi connectivity index (χ4v) is 4.96. The molecule has 2 saturated heterocycles. The Hall–Kier alpha value is -3.12. The molecule has 2 fully saturated rings. The zero-order chi connectivity index (χ0) is 21.4. The average Bonchev–Trinajstić information content (AvgIpc) is 3.52. The predicted molar refractivity (Wildman–Crippen MR) is 110 cm³/mol. The quantitative estimate of drug-likeness (QED) is 0.593. The van der Waals surface area contributed by atoms with Gasteiger partial charge in [-0.25, -0.2) is 9.89 Å². The SMILES string of the molecule is O=C(NCC1CC2(CCOCC2)CN1C(=O)c1ccn2c(=O)[nH]nc2c1)c1csnn1. The van der Waals surface area contributed by atoms with Crippen LogP contribution in [-0.4, -0.2) is 73.2 Å². The van der Waals surface area contributed by atoms with Crippen molar-refractivity contribution in [2.75, 3.05) is 26.3 Å². The van der Waals surface area contributed by atoms with Crippen molar-refractivity contribution >= 4 is 29.0 Å². The number of fused-ring (bicyclic) bond motifs is 1. The summed E-state index contributed by atoms with van der Waals surface area (Å²) in [5.41, 5.74) is 0.746. The van der Waals surface area contributed by atoms with Gasteiger partial charge in [0.25, 0.3) is 11.8 Å². The molecule has 0 radical (unpaired) electrons. The molecular weight excluding hydrogens is 422 g/mol. The standard InChI is InChI=1S/C19H21N7O4S/c27-16(14-10-31-24-21-14)20-9-13-8-19(2-5-30-6-3-19)11-26(13)17(28)12-1-4-25-15(7-12)22-23-18(25)29/h1,4,7,10,13H,2-3,5-6,8-9,11H2,(H,20,27)(H,23,29). The molecule has 1 spiro atoms. The average molecular weight is 443 g/mol. The Morgan fingerprint density at radius 3 is 2.97 bits per heavy atom. The smallest absolute Gasteiger partial charge is 0.347 e. The van der Waals surface area contributed by atoms with Crippen LogP contribution in [0.2, 0.25) is 0 Å². The Morgan fingerprint density at radius 2 is 2.19 bits per heavy atom. The second-order valence-corrected chi connectivity index (χ2v) is 8.69. The molecular formula is C19H21N7O4S. The Labute approximate surface area is 180 Å². The van der Waals surface area contributed by atoms with Crippen LogP contribution in [0.4, 0.5) is 0 Å². The number of hydrogen-bond donors (Lipinski definition) is 2. The number of likely N-dealkylation sites (tertiary alicyclic amines) is 1. The van der Waals surface area contributed by atoms with Gasteiger partial charge < -0.3 is 15.0 Å². The van der Waals surface area contributed by atoms with Crippen LogP contribution in [0, 0.1) is 5.41 Å². The van der Waals surface area contributed by atoms with Gasteiger partial charge in [-0.2, -0.15) is 5.10 Å². The van der Waals surface area contributed by atoms with E-state index in [1.54, 1.807) is 23.7 Å². The molecule has 3 aromatic rings. The maximum atomic E-state index is 13.4. The minimum absolute atomic E-state index is 0.0150. The Bertz CT molecular complexity index is 1170. The van der Waals surface area contributed by atoms with E-state index >= 15 is 0 Å². The van der Waals surface area contributed by atoms with E-state index in [-0.39, 0.29) is 34.7 Å². The molecule has 2 aliphatic heterocycles. The molecule has 5 rings (SSSR count). The van der Waals surface area contributed by atoms with Gasteiger partial charge in [-0.05, 0) is 48.3 Å². The van der Waals surface area contributed by atoms with Gasteiger partial charge in [0.2, 0.25) is 0 Å². The Kier molecular flexibility index (Phi) is 5.02. The van der Waals surface area contributed by atoms with E-state index in [0.717, 1.165) is 30.8 Å². The van der Waals surface area contributed by atoms with E-state index in [0.29, 0.717) is 37.5 Å². The van der Waals surface area contributed by atoms with Crippen molar-refractivity contribution in [2.24, 2.45) is 5.41 Å². The number of carbonyl (C=O) groups is 2. The third-order valence-electron chi connectivity index (χ3n) is 6.19. The lowest BCUT2D eigenvalue weighted by atomic mass is 9.78. The van der Waals surface area contributed by atoms with Crippen molar-refractivity contribution in [2.45, 2.75) is 25.3 Å². The number of nitrogens with zero attached hydrogens (tertiary/aromatic N) is 5. The van der Waals surface area contributed by atoms with Gasteiger partial charge in [-0.15, -0.1) is 5.10 Å². The summed E-state index contributed by atoms with van der Waals surface area (Å²) in [6.07, 6.45) is 4.10. The van der Waals surface area contributed by atoms with Gasteiger partial charge in [0, 0.05) is 49.5 Å². The number of pyridine rings is 1. The number of carbonyl (C=O) groups excluding carboxylic acids is 2. The predicted octanol–water partition coefficient (Wildman–Crippen LogP) is 0.315. The molecule has 5 heterocycles. The van der Waals surface area contributed by atoms with Crippen molar-refractivity contribution in [1.82, 2.24) is 34.4 Å². The van der Waals surface area contributed by atoms with Crippen LogP contribution in [-0.2, 0) is 4.74 Å². The molecule has 12 heteroatoms. The van der Waals surface area contributed by atoms with Crippen molar-refractivity contribution < 1.29 is 14.3 Å². The summed E-state index contributed by atoms with van der Waals surface area (Å²) in [6, 6.07) is 3.07. The highest BCUT2D eigenvalue weighted by Crippen LogP contribution is 2.43. The molecule has 1 atom stereocenters. The van der Waals surface area contributed by atoms with Gasteiger partial charge in [-0.1, -0.05) is 4.49 Å². The summed E-state index contributed by atoms with van der Waals surface area (Å²) < 4.78 is 10.6. The first-order chi connectivity index (χ1) is 15.0. The lowest BCUT2D eigenvalue weighted by Gasteiger charge is -2.33. The number of hydrogen-bond acceptors (Lipinski definition) is 8. The van der Waals surface area contributed by atoms with Crippen LogP contribution in [0.5, 0.6) is 0 Å². The van der Waals surface area contributed by atoms with E-state index in [9.17, 15) is 14.4 Å². The summed E-state index contributed by atoms with van der Waals surface area (Å²) in [7, 11) is 0. The lowest BCUT2D eigenvalue weighted by molar-refractivity contribution is 0.0190. The largest absolute Gasteiger partial charge is 0.381 e. The lowest BCUT2D eigenvalue weighted by Crippen LogP contribution is -2.43. The number of rotatable bonds is 4. The molecule has 0 aliphatic carbocycles. The monoisotopic (exact) mass is 443 g/mol. The van der Waals surface area contributed by atoms with Gasteiger partial charge in [-0.3, -0.25) is 14.0 Å². The van der Waals surface area contributed by atoms with Crippen LogP contribution in [0.15, 0.2) is 28.5 Å². The van der Waals surface area contributed by atoms with Gasteiger partial charge in [0.1, 0.15) is 0 Å². The second-order valence-electron chi connectivity index (χ2n) is 8.08. The van der Waals surface area contributed by atoms with Crippen molar-refractivity contribution in [1.29, 1.82) is 0 Å². The van der Waals surface area contributed by atoms with E-state index in [4.69, 9.17) is 4.74 Å². The zero-order valence-electron chi connectivity index (χ0n) is 16.6. The molecule has 162 valence electrons. The van der Waals surface area contributed by atoms with E-state index < -0.39 is 0 Å². The number of amides is 2. The highest BCUT2D eigenvalue weighted by atomic mass is 32.1. The minimum atomic E-state index is -0.353. The third-order valence-corrected chi connectivity index (χ3v) is 6.69. The van der Waals surface area contributed by atoms with E-state index in [1.807, 2.05) is 4.90 Å². The summed E-state index contributed by atoms with van der Waals surface area (Å²) in [6.45, 7) is 2.28. The first-order valence-corrected chi connectivity index (χ1v) is 10.9. The molecule has 3 aromatic heterocycles. The summed E-state index contributed by atoms with van der Waals surface area (Å²) in [5.74, 6) is -0.442. The van der Waals surface area contributed by atoms with Crippen LogP contribution in [0.3, 0.4) is 0 Å². The fraction of sp³-hybridized carbons (Fsp3) is 0.474. The Balaban J connectivity index is 1.38. The van der Waals surface area contributed by atoms with Crippen LogP contribution < -0.4 is 11.0 Å². The van der Waals surface area contributed by atoms with E-state index in [2.05, 4.69) is 25.1 Å². The normalized spacial score (nSPS) is 20.4. The fourth-order valence-electron chi connectivity index (χ4n) is 4.52. The third kappa shape index (κ3) is 3.72. The van der Waals surface area contributed by atoms with Gasteiger partial charge >= 0.3 is 5.69 Å². The Morgan fingerprint density at radius 1 is 1.35 bits per heavy atom. The zero-order valence-corrected chi connectivity index (χ0v) is 17.4. The molecule has 0 aromatic carbocycles. The second kappa shape index (κ2) is 7.85. The number of aromatic amines is 1. The molecule has 11 nitrogen and oxygen atoms in total. The minimum Gasteiger partial charge on any atom is -0.381 e. The number of nitrogens with one attached hydrogen (secondary N) is 2. The summed E-state index contributed by atoms with van der Waals surface area (Å²) in [4.78, 5) is 39.3. The van der Waals surface area contributed by atoms with E-state index in [1.165, 1.54) is 4.40 Å². The molecule has 2 amide bonds. The molecule has 0 saturated carbocycles. The molecule has 31 heavy (non-hydrogen) atoms. The van der Waals surface area contributed by atoms with Gasteiger partial charge in [0.15, 0.2) is 11.3 Å². The highest BCUT2D eigenvalue weighted by molar-refractivity contribution is 7.03. The maximum Gasteiger partial charge on any atom is 0.347 e. The van der Waals surface area contributed by atoms with Crippen LogP contribution in [0.1, 0.15) is 40.1 Å². The first kappa shape index (κ1) is 19.8. The number of aromatic nitrogens is 5. The summed E-state index contributed by atoms with van der Waals surface area (Å²) >= 11 is 1.12. The summed E-state index contributed by atoms with van der Waals surface area (Å²) in [5, 5.41) is 14.6. The van der Waals surface area contributed by atoms with Crippen molar-refractivity contribution in [3.05, 3.63) is 45.5 Å². The van der Waals surface area contributed by atoms with Crippen molar-refractivity contribution in [3.8, 4) is 0 Å². The molecule has 2 N–H and O–H groups in total. The number of ether oxygens (including phenoxy) is 1. The maximum absolute atomic E-state index is 13.4. The first-order valence-electron chi connectivity index (χ1n) is 10.1. The van der Waals surface area contributed by atoms with Crippen molar-refractivity contribution in [3.63, 3.8) is 0 Å². The topological polar surface area (TPSA) is 135 Å². The van der Waals surface area contributed by atoms with Crippen LogP contribution >= 0.6 is 11.5 Å². The number of H-pyrrole nitrogens is 1. The van der Waals surface area contributed by atoms with Gasteiger partial charge in [0.05, 0.1) is 0 Å². The molecule has 1 unspecified atom stereocenters. The van der Waals surface area contributed by atoms with Crippen LogP contribution in [0.25, 0.3) is 5.65 Å². The molecule has 2 aliphatic rings.